The molecule has 0 atom stereocenters. The molecule has 2 aromatic rings. The Hall–Kier alpha value is -1.37. The van der Waals surface area contributed by atoms with Gasteiger partial charge >= 0.3 is 6.18 Å². The number of alkyl halides is 4. The van der Waals surface area contributed by atoms with Crippen LogP contribution < -0.4 is 0 Å². The molecule has 0 aliphatic heterocycles. The van der Waals surface area contributed by atoms with Gasteiger partial charge in [-0.25, -0.2) is 9.37 Å². The molecule has 1 aromatic heterocycles. The third kappa shape index (κ3) is 2.80. The predicted molar refractivity (Wildman–Crippen MR) is 66.2 cm³/mol. The van der Waals surface area contributed by atoms with E-state index < -0.39 is 17.7 Å². The highest BCUT2D eigenvalue weighted by Gasteiger charge is 2.34. The molecular formula is C12H9BrF4N2. The Labute approximate surface area is 115 Å². The van der Waals surface area contributed by atoms with Crippen LogP contribution >= 0.6 is 15.9 Å². The first kappa shape index (κ1) is 14.0. The minimum atomic E-state index is -4.54. The van der Waals surface area contributed by atoms with E-state index in [-0.39, 0.29) is 11.4 Å². The number of imidazole rings is 1. The Morgan fingerprint density at radius 3 is 2.47 bits per heavy atom. The molecule has 0 fully saturated rings. The summed E-state index contributed by atoms with van der Waals surface area (Å²) in [6.07, 6.45) is -3.70. The molecule has 2 nitrogen and oxygen atoms in total. The second-order valence-electron chi connectivity index (χ2n) is 4.01. The van der Waals surface area contributed by atoms with Crippen LogP contribution in [0.2, 0.25) is 0 Å². The monoisotopic (exact) mass is 336 g/mol. The van der Waals surface area contributed by atoms with Crippen LogP contribution in [0.5, 0.6) is 0 Å². The van der Waals surface area contributed by atoms with Crippen LogP contribution in [0.1, 0.15) is 11.3 Å². The van der Waals surface area contributed by atoms with Crippen molar-refractivity contribution in [1.82, 2.24) is 9.55 Å². The third-order valence-corrected chi connectivity index (χ3v) is 3.24. The first-order chi connectivity index (χ1) is 8.82. The number of aryl methyl sites for hydroxylation is 1. The number of hydrogen-bond acceptors (Lipinski definition) is 1. The van der Waals surface area contributed by atoms with Gasteiger partial charge in [0.15, 0.2) is 5.69 Å². The van der Waals surface area contributed by atoms with Crippen molar-refractivity contribution in [1.29, 1.82) is 0 Å². The number of rotatable bonds is 2. The fraction of sp³-hybridized carbons (Fsp3) is 0.250. The van der Waals surface area contributed by atoms with Crippen molar-refractivity contribution in [2.24, 2.45) is 7.05 Å². The minimum absolute atomic E-state index is 0.0442. The summed E-state index contributed by atoms with van der Waals surface area (Å²) in [6.45, 7) is 0. The summed E-state index contributed by atoms with van der Waals surface area (Å²) >= 11 is 3.18. The highest BCUT2D eigenvalue weighted by Crippen LogP contribution is 2.31. The van der Waals surface area contributed by atoms with E-state index in [1.165, 1.54) is 19.2 Å². The molecule has 0 saturated heterocycles. The van der Waals surface area contributed by atoms with Crippen LogP contribution in [0.15, 0.2) is 24.4 Å². The summed E-state index contributed by atoms with van der Waals surface area (Å²) in [5.41, 5.74) is -0.289. The molecular weight excluding hydrogens is 328 g/mol. The summed E-state index contributed by atoms with van der Waals surface area (Å²) in [5.74, 6) is -0.648. The van der Waals surface area contributed by atoms with E-state index in [1.54, 1.807) is 6.07 Å². The number of halogens is 5. The van der Waals surface area contributed by atoms with Gasteiger partial charge in [-0.3, -0.25) is 0 Å². The zero-order valence-corrected chi connectivity index (χ0v) is 11.4. The zero-order chi connectivity index (χ0) is 14.2. The standard InChI is InChI=1S/C12H9BrF4N2/c1-19-6-10(12(15,16)17)18-11(19)8-3-2-7(5-13)4-9(8)14/h2-4,6H,5H2,1H3. The SMILES string of the molecule is Cn1cc(C(F)(F)F)nc1-c1ccc(CBr)cc1F. The van der Waals surface area contributed by atoms with E-state index in [9.17, 15) is 17.6 Å². The maximum absolute atomic E-state index is 13.9. The lowest BCUT2D eigenvalue weighted by Crippen LogP contribution is -2.05. The van der Waals surface area contributed by atoms with E-state index in [2.05, 4.69) is 20.9 Å². The van der Waals surface area contributed by atoms with Crippen LogP contribution in [-0.2, 0) is 18.6 Å². The lowest BCUT2D eigenvalue weighted by molar-refractivity contribution is -0.140. The molecule has 0 aliphatic rings. The van der Waals surface area contributed by atoms with Crippen molar-refractivity contribution in [2.45, 2.75) is 11.5 Å². The molecule has 102 valence electrons. The van der Waals surface area contributed by atoms with Gasteiger partial charge in [0.05, 0.1) is 5.56 Å². The van der Waals surface area contributed by atoms with Crippen molar-refractivity contribution in [3.05, 3.63) is 41.5 Å². The summed E-state index contributed by atoms with van der Waals surface area (Å²) in [4.78, 5) is 3.45. The van der Waals surface area contributed by atoms with Crippen LogP contribution in [0.25, 0.3) is 11.4 Å². The largest absolute Gasteiger partial charge is 0.434 e. The quantitative estimate of drug-likeness (QED) is 0.595. The topological polar surface area (TPSA) is 17.8 Å². The summed E-state index contributed by atoms with van der Waals surface area (Å²) in [7, 11) is 1.40. The maximum Gasteiger partial charge on any atom is 0.434 e. The smallest absolute Gasteiger partial charge is 0.333 e. The van der Waals surface area contributed by atoms with E-state index in [1.807, 2.05) is 0 Å². The molecule has 1 aromatic carbocycles. The predicted octanol–water partition coefficient (Wildman–Crippen LogP) is 4.14. The average molecular weight is 337 g/mol. The zero-order valence-electron chi connectivity index (χ0n) is 9.80. The van der Waals surface area contributed by atoms with E-state index in [0.29, 0.717) is 10.9 Å². The molecule has 0 spiro atoms. The van der Waals surface area contributed by atoms with Crippen LogP contribution in [0, 0.1) is 5.82 Å². The third-order valence-electron chi connectivity index (χ3n) is 2.60. The number of hydrogen-bond donors (Lipinski definition) is 0. The Kier molecular flexibility index (Phi) is 3.66. The van der Waals surface area contributed by atoms with Gasteiger partial charge in [0.25, 0.3) is 0 Å². The summed E-state index contributed by atoms with van der Waals surface area (Å²) in [5, 5.41) is 0.471. The highest BCUT2D eigenvalue weighted by molar-refractivity contribution is 9.08. The fourth-order valence-electron chi connectivity index (χ4n) is 1.68. The molecule has 0 aliphatic carbocycles. The van der Waals surface area contributed by atoms with Gasteiger partial charge in [0, 0.05) is 18.6 Å². The van der Waals surface area contributed by atoms with Crippen molar-refractivity contribution in [3.8, 4) is 11.4 Å². The van der Waals surface area contributed by atoms with Crippen molar-refractivity contribution >= 4 is 15.9 Å². The summed E-state index contributed by atoms with van der Waals surface area (Å²) < 4.78 is 52.6. The van der Waals surface area contributed by atoms with E-state index >= 15 is 0 Å². The molecule has 1 heterocycles. The van der Waals surface area contributed by atoms with Crippen molar-refractivity contribution < 1.29 is 17.6 Å². The van der Waals surface area contributed by atoms with E-state index in [0.717, 1.165) is 10.8 Å². The second kappa shape index (κ2) is 4.96. The molecule has 2 rings (SSSR count). The molecule has 0 unspecified atom stereocenters. The van der Waals surface area contributed by atoms with Crippen LogP contribution in [-0.4, -0.2) is 9.55 Å². The lowest BCUT2D eigenvalue weighted by Gasteiger charge is -2.04. The number of nitrogens with zero attached hydrogens (tertiary/aromatic N) is 2. The molecule has 0 N–H and O–H groups in total. The Balaban J connectivity index is 2.51. The fourth-order valence-corrected chi connectivity index (χ4v) is 2.03. The number of aromatic nitrogens is 2. The van der Waals surface area contributed by atoms with Crippen molar-refractivity contribution in [3.63, 3.8) is 0 Å². The van der Waals surface area contributed by atoms with Crippen molar-refractivity contribution in [2.75, 3.05) is 0 Å². The van der Waals surface area contributed by atoms with Gasteiger partial charge in [-0.1, -0.05) is 22.0 Å². The normalized spacial score (nSPS) is 11.9. The minimum Gasteiger partial charge on any atom is -0.333 e. The van der Waals surface area contributed by atoms with Gasteiger partial charge in [0.2, 0.25) is 0 Å². The van der Waals surface area contributed by atoms with Gasteiger partial charge in [-0.05, 0) is 17.7 Å². The average Bonchev–Trinajstić information content (AvgIpc) is 2.71. The van der Waals surface area contributed by atoms with Crippen LogP contribution in [0.3, 0.4) is 0 Å². The lowest BCUT2D eigenvalue weighted by atomic mass is 10.1. The first-order valence-electron chi connectivity index (χ1n) is 5.28. The molecule has 0 amide bonds. The Morgan fingerprint density at radius 1 is 1.32 bits per heavy atom. The molecule has 7 heteroatoms. The highest BCUT2D eigenvalue weighted by atomic mass is 79.9. The molecule has 19 heavy (non-hydrogen) atoms. The molecule has 0 bridgehead atoms. The Morgan fingerprint density at radius 2 is 2.00 bits per heavy atom. The van der Waals surface area contributed by atoms with E-state index in [4.69, 9.17) is 0 Å². The van der Waals surface area contributed by atoms with Gasteiger partial charge < -0.3 is 4.57 Å². The second-order valence-corrected chi connectivity index (χ2v) is 4.57. The summed E-state index contributed by atoms with van der Waals surface area (Å²) in [6, 6.07) is 4.33. The first-order valence-corrected chi connectivity index (χ1v) is 6.40. The van der Waals surface area contributed by atoms with Crippen LogP contribution in [0.4, 0.5) is 17.6 Å². The Bertz CT molecular complexity index is 604. The maximum atomic E-state index is 13.9. The van der Waals surface area contributed by atoms with Gasteiger partial charge in [-0.15, -0.1) is 0 Å². The number of benzene rings is 1. The van der Waals surface area contributed by atoms with Gasteiger partial charge in [-0.2, -0.15) is 13.2 Å². The molecule has 0 saturated carbocycles. The molecule has 0 radical (unpaired) electrons. The van der Waals surface area contributed by atoms with Gasteiger partial charge in [0.1, 0.15) is 11.6 Å².